The lowest BCUT2D eigenvalue weighted by Gasteiger charge is -2.18. The predicted octanol–water partition coefficient (Wildman–Crippen LogP) is 3.45. The lowest BCUT2D eigenvalue weighted by molar-refractivity contribution is -0.137. The van der Waals surface area contributed by atoms with Gasteiger partial charge in [-0.3, -0.25) is 9.59 Å². The number of rotatable bonds is 9. The molecule has 2 N–H and O–H groups in total. The number of carboxylic acids is 1. The molecule has 0 saturated carbocycles. The minimum atomic E-state index is -0.892. The van der Waals surface area contributed by atoms with E-state index in [4.69, 9.17) is 9.52 Å². The quantitative estimate of drug-likeness (QED) is 0.584. The van der Waals surface area contributed by atoms with Crippen molar-refractivity contribution in [3.63, 3.8) is 0 Å². The third-order valence-corrected chi connectivity index (χ3v) is 4.67. The van der Waals surface area contributed by atoms with E-state index in [1.807, 2.05) is 47.2 Å². The summed E-state index contributed by atoms with van der Waals surface area (Å²) >= 11 is 1.54. The van der Waals surface area contributed by atoms with Crippen LogP contribution in [0.5, 0.6) is 0 Å². The molecular formula is C19H19N3O4S. The Morgan fingerprint density at radius 1 is 1.15 bits per heavy atom. The lowest BCUT2D eigenvalue weighted by atomic mass is 10.0. The fourth-order valence-corrected chi connectivity index (χ4v) is 3.25. The maximum atomic E-state index is 12.3. The van der Waals surface area contributed by atoms with E-state index in [1.165, 1.54) is 11.3 Å². The Balaban J connectivity index is 1.56. The SMILES string of the molecule is O=C(O)CCC(NC(=O)CCc1nnc(-c2ccsc2)o1)c1ccccc1. The van der Waals surface area contributed by atoms with Crippen molar-refractivity contribution in [1.82, 2.24) is 15.5 Å². The standard InChI is InChI=1S/C19H19N3O4S/c23-16(7-8-17-21-22-19(26-17)14-10-11-27-12-14)20-15(6-9-18(24)25)13-4-2-1-3-5-13/h1-5,10-12,15H,6-9H2,(H,20,23)(H,24,25). The fourth-order valence-electron chi connectivity index (χ4n) is 2.62. The van der Waals surface area contributed by atoms with E-state index in [1.54, 1.807) is 0 Å². The van der Waals surface area contributed by atoms with Crippen LogP contribution in [0.2, 0.25) is 0 Å². The molecule has 1 amide bonds. The average Bonchev–Trinajstić information content (AvgIpc) is 3.35. The maximum absolute atomic E-state index is 12.3. The van der Waals surface area contributed by atoms with E-state index in [2.05, 4.69) is 15.5 Å². The molecule has 0 fully saturated rings. The first kappa shape index (κ1) is 18.8. The van der Waals surface area contributed by atoms with Crippen molar-refractivity contribution < 1.29 is 19.1 Å². The number of nitrogens with zero attached hydrogens (tertiary/aromatic N) is 2. The second-order valence-corrected chi connectivity index (χ2v) is 6.76. The fraction of sp³-hybridized carbons (Fsp3) is 0.263. The minimum Gasteiger partial charge on any atom is -0.481 e. The van der Waals surface area contributed by atoms with Gasteiger partial charge in [-0.25, -0.2) is 0 Å². The number of carboxylic acid groups (broad SMARTS) is 1. The number of hydrogen-bond donors (Lipinski definition) is 2. The van der Waals surface area contributed by atoms with Gasteiger partial charge in [0.15, 0.2) is 0 Å². The summed E-state index contributed by atoms with van der Waals surface area (Å²) in [6.07, 6.45) is 0.812. The van der Waals surface area contributed by atoms with E-state index >= 15 is 0 Å². The second-order valence-electron chi connectivity index (χ2n) is 5.98. The van der Waals surface area contributed by atoms with E-state index in [0.717, 1.165) is 11.1 Å². The van der Waals surface area contributed by atoms with Gasteiger partial charge in [0.1, 0.15) is 0 Å². The average molecular weight is 385 g/mol. The summed E-state index contributed by atoms with van der Waals surface area (Å²) in [7, 11) is 0. The third-order valence-electron chi connectivity index (χ3n) is 3.98. The number of thiophene rings is 1. The molecule has 7 nitrogen and oxygen atoms in total. The molecule has 140 valence electrons. The van der Waals surface area contributed by atoms with Crippen LogP contribution in [-0.2, 0) is 16.0 Å². The highest BCUT2D eigenvalue weighted by atomic mass is 32.1. The van der Waals surface area contributed by atoms with Gasteiger partial charge >= 0.3 is 5.97 Å². The Kier molecular flexibility index (Phi) is 6.32. The van der Waals surface area contributed by atoms with Crippen molar-refractivity contribution in [1.29, 1.82) is 0 Å². The Morgan fingerprint density at radius 2 is 1.96 bits per heavy atom. The molecule has 3 aromatic rings. The van der Waals surface area contributed by atoms with Crippen LogP contribution in [0.1, 0.15) is 36.8 Å². The Bertz CT molecular complexity index is 878. The molecule has 0 radical (unpaired) electrons. The van der Waals surface area contributed by atoms with Crippen LogP contribution in [0.3, 0.4) is 0 Å². The van der Waals surface area contributed by atoms with Gasteiger partial charge in [0.25, 0.3) is 0 Å². The molecule has 0 saturated heterocycles. The molecule has 3 rings (SSSR count). The number of nitrogens with one attached hydrogen (secondary N) is 1. The lowest BCUT2D eigenvalue weighted by Crippen LogP contribution is -2.29. The highest BCUT2D eigenvalue weighted by Crippen LogP contribution is 2.21. The summed E-state index contributed by atoms with van der Waals surface area (Å²) in [4.78, 5) is 23.2. The smallest absolute Gasteiger partial charge is 0.303 e. The van der Waals surface area contributed by atoms with Crippen molar-refractivity contribution >= 4 is 23.2 Å². The molecule has 0 spiro atoms. The van der Waals surface area contributed by atoms with Crippen molar-refractivity contribution in [2.45, 2.75) is 31.7 Å². The first-order chi connectivity index (χ1) is 13.1. The zero-order valence-electron chi connectivity index (χ0n) is 14.5. The van der Waals surface area contributed by atoms with Gasteiger partial charge in [0.2, 0.25) is 17.7 Å². The normalized spacial score (nSPS) is 11.9. The molecule has 0 aliphatic heterocycles. The number of carbonyl (C=O) groups is 2. The summed E-state index contributed by atoms with van der Waals surface area (Å²) in [6, 6.07) is 10.9. The Morgan fingerprint density at radius 3 is 2.67 bits per heavy atom. The molecule has 1 unspecified atom stereocenters. The largest absolute Gasteiger partial charge is 0.481 e. The van der Waals surface area contributed by atoms with Gasteiger partial charge < -0.3 is 14.8 Å². The van der Waals surface area contributed by atoms with Crippen LogP contribution >= 0.6 is 11.3 Å². The monoisotopic (exact) mass is 385 g/mol. The number of aliphatic carboxylic acids is 1. The summed E-state index contributed by atoms with van der Waals surface area (Å²) in [5, 5.41) is 23.6. The van der Waals surface area contributed by atoms with Gasteiger partial charge in [-0.05, 0) is 23.4 Å². The summed E-state index contributed by atoms with van der Waals surface area (Å²) in [5.74, 6) is -0.245. The van der Waals surface area contributed by atoms with Crippen LogP contribution < -0.4 is 5.32 Å². The van der Waals surface area contributed by atoms with Gasteiger partial charge in [0, 0.05) is 30.2 Å². The topological polar surface area (TPSA) is 105 Å². The molecule has 0 aliphatic rings. The zero-order chi connectivity index (χ0) is 19.1. The number of benzene rings is 1. The second kappa shape index (κ2) is 9.09. The van der Waals surface area contributed by atoms with Gasteiger partial charge in [0.05, 0.1) is 6.04 Å². The van der Waals surface area contributed by atoms with E-state index in [9.17, 15) is 9.59 Å². The van der Waals surface area contributed by atoms with Crippen molar-refractivity contribution in [2.24, 2.45) is 0 Å². The van der Waals surface area contributed by atoms with E-state index < -0.39 is 5.97 Å². The van der Waals surface area contributed by atoms with Gasteiger partial charge in [-0.2, -0.15) is 11.3 Å². The van der Waals surface area contributed by atoms with Gasteiger partial charge in [-0.15, -0.1) is 10.2 Å². The molecule has 1 atom stereocenters. The van der Waals surface area contributed by atoms with E-state index in [-0.39, 0.29) is 24.8 Å². The van der Waals surface area contributed by atoms with Crippen LogP contribution in [-0.4, -0.2) is 27.2 Å². The zero-order valence-corrected chi connectivity index (χ0v) is 15.3. The minimum absolute atomic E-state index is 0.0203. The van der Waals surface area contributed by atoms with Crippen molar-refractivity contribution in [3.8, 4) is 11.5 Å². The molecule has 27 heavy (non-hydrogen) atoms. The van der Waals surface area contributed by atoms with Crippen LogP contribution in [0.4, 0.5) is 0 Å². The van der Waals surface area contributed by atoms with Crippen LogP contribution in [0.15, 0.2) is 51.6 Å². The first-order valence-electron chi connectivity index (χ1n) is 8.53. The number of aromatic nitrogens is 2. The summed E-state index contributed by atoms with van der Waals surface area (Å²) < 4.78 is 5.57. The molecule has 2 aromatic heterocycles. The molecular weight excluding hydrogens is 366 g/mol. The van der Waals surface area contributed by atoms with Crippen LogP contribution in [0.25, 0.3) is 11.5 Å². The third kappa shape index (κ3) is 5.49. The highest BCUT2D eigenvalue weighted by molar-refractivity contribution is 7.08. The van der Waals surface area contributed by atoms with E-state index in [0.29, 0.717) is 24.6 Å². The highest BCUT2D eigenvalue weighted by Gasteiger charge is 2.17. The summed E-state index contributed by atoms with van der Waals surface area (Å²) in [5.41, 5.74) is 1.74. The number of hydrogen-bond acceptors (Lipinski definition) is 6. The molecule has 1 aromatic carbocycles. The predicted molar refractivity (Wildman–Crippen MR) is 100 cm³/mol. The Hall–Kier alpha value is -3.00. The molecule has 2 heterocycles. The number of carbonyl (C=O) groups excluding carboxylic acids is 1. The van der Waals surface area contributed by atoms with Crippen molar-refractivity contribution in [2.75, 3.05) is 0 Å². The summed E-state index contributed by atoms with van der Waals surface area (Å²) in [6.45, 7) is 0. The maximum Gasteiger partial charge on any atom is 0.303 e. The van der Waals surface area contributed by atoms with Crippen molar-refractivity contribution in [3.05, 3.63) is 58.6 Å². The molecule has 0 aliphatic carbocycles. The first-order valence-corrected chi connectivity index (χ1v) is 9.47. The number of amides is 1. The molecule has 0 bridgehead atoms. The number of aryl methyl sites for hydroxylation is 1. The van der Waals surface area contributed by atoms with Crippen LogP contribution in [0, 0.1) is 0 Å². The Labute approximate surface area is 160 Å². The van der Waals surface area contributed by atoms with Gasteiger partial charge in [-0.1, -0.05) is 30.3 Å². The molecule has 8 heteroatoms.